The largest absolute Gasteiger partial charge is 0.480 e. The summed E-state index contributed by atoms with van der Waals surface area (Å²) in [7, 11) is 0. The van der Waals surface area contributed by atoms with E-state index in [1.165, 1.54) is 4.90 Å². The highest BCUT2D eigenvalue weighted by Gasteiger charge is 2.46. The average Bonchev–Trinajstić information content (AvgIpc) is 3.25. The SMILES string of the molecule is CCC1CCN(C(=O)NCC2(C(C)C)CC2)C(C(=O)O)C1. The van der Waals surface area contributed by atoms with Crippen LogP contribution in [0.1, 0.15) is 52.9 Å². The van der Waals surface area contributed by atoms with Gasteiger partial charge in [-0.25, -0.2) is 9.59 Å². The third kappa shape index (κ3) is 3.50. The summed E-state index contributed by atoms with van der Waals surface area (Å²) in [6, 6.07) is -0.873. The lowest BCUT2D eigenvalue weighted by Crippen LogP contribution is -2.54. The van der Waals surface area contributed by atoms with E-state index in [-0.39, 0.29) is 11.4 Å². The lowest BCUT2D eigenvalue weighted by Gasteiger charge is -2.37. The third-order valence-electron chi connectivity index (χ3n) is 5.54. The Hall–Kier alpha value is -1.26. The number of carbonyl (C=O) groups excluding carboxylic acids is 1. The van der Waals surface area contributed by atoms with Gasteiger partial charge in [-0.2, -0.15) is 0 Å². The molecule has 1 heterocycles. The van der Waals surface area contributed by atoms with E-state index >= 15 is 0 Å². The van der Waals surface area contributed by atoms with Crippen LogP contribution in [0, 0.1) is 17.3 Å². The van der Waals surface area contributed by atoms with E-state index in [0.717, 1.165) is 25.7 Å². The lowest BCUT2D eigenvalue weighted by atomic mass is 9.89. The molecule has 2 atom stereocenters. The number of likely N-dealkylation sites (tertiary alicyclic amines) is 1. The molecule has 2 amide bonds. The van der Waals surface area contributed by atoms with Crippen LogP contribution in [0.3, 0.4) is 0 Å². The molecular formula is C16H28N2O3. The van der Waals surface area contributed by atoms with Crippen LogP contribution >= 0.6 is 0 Å². The van der Waals surface area contributed by atoms with Crippen LogP contribution in [0.15, 0.2) is 0 Å². The van der Waals surface area contributed by atoms with E-state index in [1.54, 1.807) is 0 Å². The molecular weight excluding hydrogens is 268 g/mol. The molecule has 2 rings (SSSR count). The van der Waals surface area contributed by atoms with Crippen LogP contribution in [0.2, 0.25) is 0 Å². The molecule has 0 spiro atoms. The van der Waals surface area contributed by atoms with Crippen LogP contribution in [0.4, 0.5) is 4.79 Å². The quantitative estimate of drug-likeness (QED) is 0.819. The van der Waals surface area contributed by atoms with Crippen molar-refractivity contribution in [1.29, 1.82) is 0 Å². The maximum Gasteiger partial charge on any atom is 0.326 e. The Morgan fingerprint density at radius 3 is 2.52 bits per heavy atom. The van der Waals surface area contributed by atoms with Gasteiger partial charge in [0.05, 0.1) is 0 Å². The number of hydrogen-bond donors (Lipinski definition) is 2. The fraction of sp³-hybridized carbons (Fsp3) is 0.875. The van der Waals surface area contributed by atoms with Gasteiger partial charge < -0.3 is 15.3 Å². The van der Waals surface area contributed by atoms with E-state index in [1.807, 2.05) is 0 Å². The number of hydrogen-bond acceptors (Lipinski definition) is 2. The number of carbonyl (C=O) groups is 2. The zero-order chi connectivity index (χ0) is 15.6. The average molecular weight is 296 g/mol. The molecule has 0 bridgehead atoms. The molecule has 120 valence electrons. The molecule has 2 N–H and O–H groups in total. The maximum absolute atomic E-state index is 12.4. The first-order valence-electron chi connectivity index (χ1n) is 8.17. The Morgan fingerprint density at radius 1 is 1.38 bits per heavy atom. The highest BCUT2D eigenvalue weighted by molar-refractivity contribution is 5.83. The molecule has 2 unspecified atom stereocenters. The van der Waals surface area contributed by atoms with Gasteiger partial charge in [0.1, 0.15) is 6.04 Å². The Labute approximate surface area is 127 Å². The second-order valence-corrected chi connectivity index (χ2v) is 7.02. The van der Waals surface area contributed by atoms with Gasteiger partial charge in [0.2, 0.25) is 0 Å². The normalized spacial score (nSPS) is 27.5. The van der Waals surface area contributed by atoms with Crippen molar-refractivity contribution in [3.8, 4) is 0 Å². The fourth-order valence-corrected chi connectivity index (χ4v) is 3.36. The highest BCUT2D eigenvalue weighted by atomic mass is 16.4. The second-order valence-electron chi connectivity index (χ2n) is 7.02. The molecule has 1 aliphatic heterocycles. The maximum atomic E-state index is 12.4. The summed E-state index contributed by atoms with van der Waals surface area (Å²) in [6.07, 6.45) is 4.78. The van der Waals surface area contributed by atoms with Gasteiger partial charge in [-0.05, 0) is 42.9 Å². The minimum absolute atomic E-state index is 0.205. The molecule has 2 fully saturated rings. The third-order valence-corrected chi connectivity index (χ3v) is 5.54. The van der Waals surface area contributed by atoms with Crippen molar-refractivity contribution in [2.45, 2.75) is 58.9 Å². The number of carboxylic acids is 1. The highest BCUT2D eigenvalue weighted by Crippen LogP contribution is 2.51. The van der Waals surface area contributed by atoms with E-state index in [4.69, 9.17) is 0 Å². The first-order chi connectivity index (χ1) is 9.89. The predicted molar refractivity (Wildman–Crippen MR) is 81.0 cm³/mol. The monoisotopic (exact) mass is 296 g/mol. The standard InChI is InChI=1S/C16H28N2O3/c1-4-12-5-8-18(13(9-12)14(19)20)15(21)17-10-16(6-7-16)11(2)3/h11-13H,4-10H2,1-3H3,(H,17,21)(H,19,20). The summed E-state index contributed by atoms with van der Waals surface area (Å²) in [5.41, 5.74) is 0.246. The van der Waals surface area contributed by atoms with Crippen molar-refractivity contribution >= 4 is 12.0 Å². The van der Waals surface area contributed by atoms with E-state index in [0.29, 0.717) is 31.3 Å². The zero-order valence-corrected chi connectivity index (χ0v) is 13.4. The van der Waals surface area contributed by atoms with Gasteiger partial charge in [-0.1, -0.05) is 27.2 Å². The van der Waals surface area contributed by atoms with Crippen molar-refractivity contribution in [2.75, 3.05) is 13.1 Å². The van der Waals surface area contributed by atoms with Crippen molar-refractivity contribution in [1.82, 2.24) is 10.2 Å². The van der Waals surface area contributed by atoms with E-state index in [9.17, 15) is 14.7 Å². The van der Waals surface area contributed by atoms with Crippen LogP contribution in [0.25, 0.3) is 0 Å². The van der Waals surface area contributed by atoms with Crippen molar-refractivity contribution in [3.05, 3.63) is 0 Å². The van der Waals surface area contributed by atoms with Gasteiger partial charge in [-0.15, -0.1) is 0 Å². The summed E-state index contributed by atoms with van der Waals surface area (Å²) < 4.78 is 0. The molecule has 0 aromatic rings. The number of urea groups is 1. The molecule has 1 saturated carbocycles. The Kier molecular flexibility index (Phi) is 4.79. The van der Waals surface area contributed by atoms with Crippen LogP contribution in [-0.2, 0) is 4.79 Å². The summed E-state index contributed by atoms with van der Waals surface area (Å²) in [6.45, 7) is 7.68. The van der Waals surface area contributed by atoms with Crippen molar-refractivity contribution < 1.29 is 14.7 Å². The zero-order valence-electron chi connectivity index (χ0n) is 13.4. The number of aliphatic carboxylic acids is 1. The molecule has 0 aromatic heterocycles. The van der Waals surface area contributed by atoms with Crippen molar-refractivity contribution in [2.24, 2.45) is 17.3 Å². The topological polar surface area (TPSA) is 69.6 Å². The number of carboxylic acid groups (broad SMARTS) is 1. The predicted octanol–water partition coefficient (Wildman–Crippen LogP) is 2.71. The number of piperidine rings is 1. The Bertz CT molecular complexity index is 404. The van der Waals surface area contributed by atoms with Gasteiger partial charge in [-0.3, -0.25) is 0 Å². The minimum Gasteiger partial charge on any atom is -0.480 e. The summed E-state index contributed by atoms with van der Waals surface area (Å²) in [4.78, 5) is 25.3. The van der Waals surface area contributed by atoms with Gasteiger partial charge >= 0.3 is 12.0 Å². The molecule has 5 heteroatoms. The first-order valence-corrected chi connectivity index (χ1v) is 8.17. The summed E-state index contributed by atoms with van der Waals surface area (Å²) in [5, 5.41) is 12.4. The molecule has 1 aliphatic carbocycles. The number of nitrogens with one attached hydrogen (secondary N) is 1. The molecule has 1 saturated heterocycles. The van der Waals surface area contributed by atoms with Crippen LogP contribution in [0.5, 0.6) is 0 Å². The van der Waals surface area contributed by atoms with Crippen LogP contribution in [-0.4, -0.2) is 41.1 Å². The smallest absolute Gasteiger partial charge is 0.326 e. The molecule has 0 aromatic carbocycles. The van der Waals surface area contributed by atoms with Gasteiger partial charge in [0.25, 0.3) is 0 Å². The fourth-order valence-electron chi connectivity index (χ4n) is 3.36. The summed E-state index contributed by atoms with van der Waals surface area (Å²) in [5.74, 6) is 0.0905. The van der Waals surface area contributed by atoms with Gasteiger partial charge in [0, 0.05) is 13.1 Å². The van der Waals surface area contributed by atoms with Gasteiger partial charge in [0.15, 0.2) is 0 Å². The molecule has 0 radical (unpaired) electrons. The Balaban J connectivity index is 1.92. The first kappa shape index (κ1) is 16.1. The van der Waals surface area contributed by atoms with E-state index in [2.05, 4.69) is 26.1 Å². The molecule has 5 nitrogen and oxygen atoms in total. The second kappa shape index (κ2) is 6.24. The minimum atomic E-state index is -0.881. The molecule has 21 heavy (non-hydrogen) atoms. The Morgan fingerprint density at radius 2 is 2.05 bits per heavy atom. The van der Waals surface area contributed by atoms with Crippen molar-refractivity contribution in [3.63, 3.8) is 0 Å². The molecule has 2 aliphatic rings. The number of amides is 2. The summed E-state index contributed by atoms with van der Waals surface area (Å²) >= 11 is 0. The number of nitrogens with zero attached hydrogens (tertiary/aromatic N) is 1. The lowest BCUT2D eigenvalue weighted by molar-refractivity contribution is -0.144. The van der Waals surface area contributed by atoms with E-state index < -0.39 is 12.0 Å². The number of rotatable bonds is 5. The van der Waals surface area contributed by atoms with Crippen LogP contribution < -0.4 is 5.32 Å².